The molecule has 0 unspecified atom stereocenters. The molecule has 108 valence electrons. The molecule has 0 aliphatic rings. The van der Waals surface area contributed by atoms with Crippen LogP contribution >= 0.6 is 11.6 Å². The zero-order valence-electron chi connectivity index (χ0n) is 11.7. The molecule has 0 saturated heterocycles. The number of anilines is 1. The molecule has 1 aromatic heterocycles. The Labute approximate surface area is 133 Å². The molecule has 1 N–H and O–H groups in total. The summed E-state index contributed by atoms with van der Waals surface area (Å²) in [5, 5.41) is 5.48. The molecule has 3 nitrogen and oxygen atoms in total. The summed E-state index contributed by atoms with van der Waals surface area (Å²) in [6.45, 7) is 0. The van der Waals surface area contributed by atoms with Crippen LogP contribution < -0.4 is 5.32 Å². The summed E-state index contributed by atoms with van der Waals surface area (Å²) in [4.78, 5) is 16.0. The van der Waals surface area contributed by atoms with Gasteiger partial charge in [0.2, 0.25) is 5.91 Å². The maximum atomic E-state index is 11.9. The summed E-state index contributed by atoms with van der Waals surface area (Å²) >= 11 is 5.76. The normalized spacial score (nSPS) is 11.0. The van der Waals surface area contributed by atoms with E-state index in [0.29, 0.717) is 10.8 Å². The number of halogens is 1. The first-order valence-electron chi connectivity index (χ1n) is 6.81. The Morgan fingerprint density at radius 1 is 1.05 bits per heavy atom. The summed E-state index contributed by atoms with van der Waals surface area (Å²) < 4.78 is 0. The van der Waals surface area contributed by atoms with Gasteiger partial charge in [0.25, 0.3) is 0 Å². The molecule has 0 fully saturated rings. The molecule has 2 aromatic carbocycles. The average Bonchev–Trinajstić information content (AvgIpc) is 2.55. The van der Waals surface area contributed by atoms with Crippen molar-refractivity contribution in [1.29, 1.82) is 0 Å². The van der Waals surface area contributed by atoms with Crippen LogP contribution in [0.1, 0.15) is 5.56 Å². The molecule has 1 amide bonds. The molecule has 0 aliphatic carbocycles. The number of aromatic nitrogens is 1. The number of hydrogen-bond acceptors (Lipinski definition) is 2. The highest BCUT2D eigenvalue weighted by Gasteiger charge is 2.00. The number of amides is 1. The molecule has 0 bridgehead atoms. The van der Waals surface area contributed by atoms with E-state index < -0.39 is 0 Å². The molecule has 22 heavy (non-hydrogen) atoms. The minimum Gasteiger partial charge on any atom is -0.307 e. The van der Waals surface area contributed by atoms with E-state index >= 15 is 0 Å². The Morgan fingerprint density at radius 2 is 1.86 bits per heavy atom. The molecule has 0 saturated carbocycles. The third kappa shape index (κ3) is 3.32. The fourth-order valence-electron chi connectivity index (χ4n) is 2.18. The van der Waals surface area contributed by atoms with Crippen LogP contribution in [0.5, 0.6) is 0 Å². The van der Waals surface area contributed by atoms with Crippen molar-refractivity contribution >= 4 is 40.2 Å². The Balaban J connectivity index is 1.78. The Hall–Kier alpha value is -2.65. The van der Waals surface area contributed by atoms with Crippen LogP contribution in [0.2, 0.25) is 5.02 Å². The number of carbonyl (C=O) groups is 1. The van der Waals surface area contributed by atoms with Crippen LogP contribution in [0.15, 0.2) is 66.9 Å². The van der Waals surface area contributed by atoms with Gasteiger partial charge in [-0.15, -0.1) is 0 Å². The van der Waals surface area contributed by atoms with Gasteiger partial charge in [-0.3, -0.25) is 4.79 Å². The van der Waals surface area contributed by atoms with Gasteiger partial charge in [-0.05, 0) is 34.5 Å². The molecule has 0 radical (unpaired) electrons. The van der Waals surface area contributed by atoms with Crippen molar-refractivity contribution in [1.82, 2.24) is 4.98 Å². The summed E-state index contributed by atoms with van der Waals surface area (Å²) in [6.07, 6.45) is 4.79. The van der Waals surface area contributed by atoms with E-state index in [0.717, 1.165) is 16.3 Å². The monoisotopic (exact) mass is 308 g/mol. The van der Waals surface area contributed by atoms with Crippen molar-refractivity contribution in [2.24, 2.45) is 0 Å². The lowest BCUT2D eigenvalue weighted by atomic mass is 10.0. The van der Waals surface area contributed by atoms with Crippen LogP contribution in [0, 0.1) is 0 Å². The fourth-order valence-corrected chi connectivity index (χ4v) is 2.29. The largest absolute Gasteiger partial charge is 0.307 e. The standard InChI is InChI=1S/C18H13ClN2O/c19-15-9-10-17(20-12-15)21-18(22)11-8-14-6-3-5-13-4-1-2-7-16(13)14/h1-12H,(H,20,21,22)/b11-8+. The van der Waals surface area contributed by atoms with Crippen molar-refractivity contribution in [3.8, 4) is 0 Å². The molecule has 3 aromatic rings. The summed E-state index contributed by atoms with van der Waals surface area (Å²) in [5.41, 5.74) is 0.998. The average molecular weight is 309 g/mol. The molecule has 0 atom stereocenters. The number of nitrogens with zero attached hydrogens (tertiary/aromatic N) is 1. The highest BCUT2D eigenvalue weighted by atomic mass is 35.5. The van der Waals surface area contributed by atoms with E-state index in [1.165, 1.54) is 12.3 Å². The number of carbonyl (C=O) groups excluding carboxylic acids is 1. The summed E-state index contributed by atoms with van der Waals surface area (Å²) in [7, 11) is 0. The second kappa shape index (κ2) is 6.41. The van der Waals surface area contributed by atoms with Gasteiger partial charge >= 0.3 is 0 Å². The van der Waals surface area contributed by atoms with E-state index in [-0.39, 0.29) is 5.91 Å². The molecule has 0 aliphatic heterocycles. The van der Waals surface area contributed by atoms with Gasteiger partial charge in [0.15, 0.2) is 0 Å². The van der Waals surface area contributed by atoms with Crippen LogP contribution in [-0.2, 0) is 4.79 Å². The lowest BCUT2D eigenvalue weighted by molar-refractivity contribution is -0.111. The smallest absolute Gasteiger partial charge is 0.249 e. The van der Waals surface area contributed by atoms with Crippen molar-refractivity contribution in [3.63, 3.8) is 0 Å². The third-order valence-electron chi connectivity index (χ3n) is 3.22. The van der Waals surface area contributed by atoms with Crippen molar-refractivity contribution in [2.75, 3.05) is 5.32 Å². The summed E-state index contributed by atoms with van der Waals surface area (Å²) in [6, 6.07) is 17.4. The Kier molecular flexibility index (Phi) is 4.17. The zero-order chi connectivity index (χ0) is 15.4. The highest BCUT2D eigenvalue weighted by molar-refractivity contribution is 6.30. The van der Waals surface area contributed by atoms with Crippen molar-refractivity contribution < 1.29 is 4.79 Å². The Morgan fingerprint density at radius 3 is 2.68 bits per heavy atom. The predicted molar refractivity (Wildman–Crippen MR) is 90.9 cm³/mol. The number of pyridine rings is 1. The van der Waals surface area contributed by atoms with Gasteiger partial charge < -0.3 is 5.32 Å². The highest BCUT2D eigenvalue weighted by Crippen LogP contribution is 2.19. The maximum Gasteiger partial charge on any atom is 0.249 e. The fraction of sp³-hybridized carbons (Fsp3) is 0. The Bertz CT molecular complexity index is 836. The van der Waals surface area contributed by atoms with Crippen molar-refractivity contribution in [2.45, 2.75) is 0 Å². The van der Waals surface area contributed by atoms with Crippen molar-refractivity contribution in [3.05, 3.63) is 77.5 Å². The van der Waals surface area contributed by atoms with Crippen LogP contribution in [0.25, 0.3) is 16.8 Å². The molecule has 1 heterocycles. The SMILES string of the molecule is O=C(/C=C/c1cccc2ccccc12)Nc1ccc(Cl)cn1. The second-order valence-corrected chi connectivity index (χ2v) is 5.19. The molecular weight excluding hydrogens is 296 g/mol. The van der Waals surface area contributed by atoms with Crippen LogP contribution in [0.3, 0.4) is 0 Å². The summed E-state index contributed by atoms with van der Waals surface area (Å²) in [5.74, 6) is 0.236. The van der Waals surface area contributed by atoms with Crippen LogP contribution in [-0.4, -0.2) is 10.9 Å². The minimum absolute atomic E-state index is 0.234. The molecular formula is C18H13ClN2O. The first kappa shape index (κ1) is 14.3. The van der Waals surface area contributed by atoms with E-state index in [1.807, 2.05) is 42.5 Å². The molecule has 3 rings (SSSR count). The van der Waals surface area contributed by atoms with Gasteiger partial charge in [0.1, 0.15) is 5.82 Å². The second-order valence-electron chi connectivity index (χ2n) is 4.75. The van der Waals surface area contributed by atoms with Gasteiger partial charge in [-0.1, -0.05) is 54.1 Å². The lowest BCUT2D eigenvalue weighted by Crippen LogP contribution is -2.08. The van der Waals surface area contributed by atoms with E-state index in [9.17, 15) is 4.79 Å². The van der Waals surface area contributed by atoms with Crippen LogP contribution in [0.4, 0.5) is 5.82 Å². The van der Waals surface area contributed by atoms with Gasteiger partial charge in [0.05, 0.1) is 5.02 Å². The molecule has 4 heteroatoms. The number of benzene rings is 2. The number of fused-ring (bicyclic) bond motifs is 1. The van der Waals surface area contributed by atoms with Gasteiger partial charge in [0, 0.05) is 12.3 Å². The number of rotatable bonds is 3. The quantitative estimate of drug-likeness (QED) is 0.722. The predicted octanol–water partition coefficient (Wildman–Crippen LogP) is 4.54. The lowest BCUT2D eigenvalue weighted by Gasteiger charge is -2.02. The van der Waals surface area contributed by atoms with E-state index in [2.05, 4.69) is 10.3 Å². The van der Waals surface area contributed by atoms with E-state index in [4.69, 9.17) is 11.6 Å². The minimum atomic E-state index is -0.234. The number of nitrogens with one attached hydrogen (secondary N) is 1. The zero-order valence-corrected chi connectivity index (χ0v) is 12.4. The maximum absolute atomic E-state index is 11.9. The third-order valence-corrected chi connectivity index (χ3v) is 3.44. The topological polar surface area (TPSA) is 42.0 Å². The van der Waals surface area contributed by atoms with E-state index in [1.54, 1.807) is 18.2 Å². The first-order valence-corrected chi connectivity index (χ1v) is 7.18. The number of hydrogen-bond donors (Lipinski definition) is 1. The van der Waals surface area contributed by atoms with Gasteiger partial charge in [-0.25, -0.2) is 4.98 Å². The first-order chi connectivity index (χ1) is 10.7. The molecule has 0 spiro atoms. The van der Waals surface area contributed by atoms with Gasteiger partial charge in [-0.2, -0.15) is 0 Å².